The van der Waals surface area contributed by atoms with Gasteiger partial charge in [-0.3, -0.25) is 4.98 Å². The summed E-state index contributed by atoms with van der Waals surface area (Å²) in [7, 11) is 0. The largest absolute Gasteiger partial charge is 0.471 e. The lowest BCUT2D eigenvalue weighted by atomic mass is 10.3. The van der Waals surface area contributed by atoms with Crippen LogP contribution in [0.5, 0.6) is 0 Å². The molecule has 0 fully saturated rings. The lowest BCUT2D eigenvalue weighted by Crippen LogP contribution is -2.23. The first kappa shape index (κ1) is 22.6. The van der Waals surface area contributed by atoms with Gasteiger partial charge in [-0.15, -0.1) is 11.3 Å². The summed E-state index contributed by atoms with van der Waals surface area (Å²) >= 11 is 1.27. The molecule has 4 aromatic rings. The highest BCUT2D eigenvalue weighted by Crippen LogP contribution is 2.33. The Morgan fingerprint density at radius 3 is 2.39 bits per heavy atom. The van der Waals surface area contributed by atoms with Crippen molar-refractivity contribution in [1.29, 1.82) is 0 Å². The molecule has 4 rings (SSSR count). The van der Waals surface area contributed by atoms with Crippen LogP contribution < -0.4 is 9.80 Å². The topological polar surface area (TPSA) is 84.1 Å². The molecule has 33 heavy (non-hydrogen) atoms. The third kappa shape index (κ3) is 5.11. The van der Waals surface area contributed by atoms with Gasteiger partial charge in [0.15, 0.2) is 5.82 Å². The van der Waals surface area contributed by atoms with Crippen molar-refractivity contribution in [3.05, 3.63) is 59.8 Å². The summed E-state index contributed by atoms with van der Waals surface area (Å²) in [6.45, 7) is 6.24. The van der Waals surface area contributed by atoms with Gasteiger partial charge in [0.2, 0.25) is 5.82 Å². The number of halogens is 3. The van der Waals surface area contributed by atoms with Crippen LogP contribution in [0.3, 0.4) is 0 Å². The van der Waals surface area contributed by atoms with Gasteiger partial charge in [0, 0.05) is 30.4 Å². The van der Waals surface area contributed by atoms with E-state index in [1.54, 1.807) is 30.9 Å². The molecule has 0 aliphatic heterocycles. The second kappa shape index (κ2) is 9.53. The highest BCUT2D eigenvalue weighted by molar-refractivity contribution is 7.15. The Bertz CT molecular complexity index is 1170. The average molecular weight is 476 g/mol. The van der Waals surface area contributed by atoms with Crippen LogP contribution in [0.25, 0.3) is 10.7 Å². The fraction of sp³-hybridized carbons (Fsp3) is 0.286. The van der Waals surface area contributed by atoms with Crippen molar-refractivity contribution < 1.29 is 17.7 Å². The number of rotatable bonds is 8. The Morgan fingerprint density at radius 1 is 0.970 bits per heavy atom. The van der Waals surface area contributed by atoms with E-state index in [1.807, 2.05) is 23.1 Å². The molecule has 12 heteroatoms. The van der Waals surface area contributed by atoms with Gasteiger partial charge in [-0.1, -0.05) is 5.16 Å². The highest BCUT2D eigenvalue weighted by Gasteiger charge is 2.38. The van der Waals surface area contributed by atoms with Crippen LogP contribution in [-0.2, 0) is 12.7 Å². The molecule has 0 unspecified atom stereocenters. The van der Waals surface area contributed by atoms with E-state index in [1.165, 1.54) is 11.3 Å². The lowest BCUT2D eigenvalue weighted by Gasteiger charge is -2.24. The zero-order chi connectivity index (χ0) is 23.4. The van der Waals surface area contributed by atoms with Crippen molar-refractivity contribution in [3.63, 3.8) is 0 Å². The van der Waals surface area contributed by atoms with E-state index in [0.29, 0.717) is 17.2 Å². The van der Waals surface area contributed by atoms with Gasteiger partial charge in [-0.2, -0.15) is 18.2 Å². The van der Waals surface area contributed by atoms with Crippen LogP contribution in [0, 0.1) is 0 Å². The molecule has 8 nitrogen and oxygen atoms in total. The summed E-state index contributed by atoms with van der Waals surface area (Å²) in [6.07, 6.45) is 1.91. The van der Waals surface area contributed by atoms with E-state index >= 15 is 0 Å². The maximum Gasteiger partial charge on any atom is 0.471 e. The minimum absolute atomic E-state index is 0.102. The van der Waals surface area contributed by atoms with Crippen molar-refractivity contribution in [2.75, 3.05) is 22.9 Å². The summed E-state index contributed by atoms with van der Waals surface area (Å²) in [4.78, 5) is 22.0. The van der Waals surface area contributed by atoms with Crippen LogP contribution in [0.15, 0.2) is 53.6 Å². The first-order valence-corrected chi connectivity index (χ1v) is 10.9. The quantitative estimate of drug-likeness (QED) is 0.344. The van der Waals surface area contributed by atoms with E-state index in [0.717, 1.165) is 29.5 Å². The van der Waals surface area contributed by atoms with E-state index in [4.69, 9.17) is 0 Å². The highest BCUT2D eigenvalue weighted by atomic mass is 32.1. The Kier molecular flexibility index (Phi) is 6.54. The summed E-state index contributed by atoms with van der Waals surface area (Å²) in [6, 6.07) is 7.38. The third-order valence-electron chi connectivity index (χ3n) is 4.82. The Balaban J connectivity index is 1.60. The van der Waals surface area contributed by atoms with Gasteiger partial charge in [0.25, 0.3) is 0 Å². The van der Waals surface area contributed by atoms with Gasteiger partial charge in [0.05, 0.1) is 29.5 Å². The summed E-state index contributed by atoms with van der Waals surface area (Å²) in [5.41, 5.74) is 0.806. The molecule has 0 spiro atoms. The van der Waals surface area contributed by atoms with Gasteiger partial charge in [-0.25, -0.2) is 9.97 Å². The number of hydrogen-bond donors (Lipinski definition) is 0. The number of nitrogens with zero attached hydrogens (tertiary/aromatic N) is 7. The Morgan fingerprint density at radius 2 is 1.79 bits per heavy atom. The molecular formula is C21H20F3N7OS. The predicted octanol–water partition coefficient (Wildman–Crippen LogP) is 5.19. The van der Waals surface area contributed by atoms with Crippen molar-refractivity contribution in [3.8, 4) is 10.7 Å². The number of aromatic nitrogens is 5. The number of anilines is 3. The zero-order valence-corrected chi connectivity index (χ0v) is 18.6. The number of hydrogen-bond acceptors (Lipinski definition) is 9. The summed E-state index contributed by atoms with van der Waals surface area (Å²) in [5.74, 6) is 0.0189. The molecule has 0 saturated carbocycles. The minimum atomic E-state index is -4.68. The summed E-state index contributed by atoms with van der Waals surface area (Å²) < 4.78 is 42.7. The Labute approximate surface area is 191 Å². The molecule has 0 N–H and O–H groups in total. The monoisotopic (exact) mass is 475 g/mol. The van der Waals surface area contributed by atoms with Gasteiger partial charge >= 0.3 is 12.1 Å². The SMILES string of the molecule is CCN(CC)c1ccc(N(Cc2ccc(-c3noc(C(F)(F)F)n3)s2)c2cnccn2)cn1. The molecule has 0 aliphatic carbocycles. The molecule has 0 aliphatic rings. The smallest absolute Gasteiger partial charge is 0.357 e. The molecular weight excluding hydrogens is 455 g/mol. The van der Waals surface area contributed by atoms with Crippen molar-refractivity contribution in [1.82, 2.24) is 25.1 Å². The van der Waals surface area contributed by atoms with Crippen molar-refractivity contribution in [2.24, 2.45) is 0 Å². The van der Waals surface area contributed by atoms with E-state index < -0.39 is 12.1 Å². The predicted molar refractivity (Wildman–Crippen MR) is 118 cm³/mol. The molecule has 4 heterocycles. The number of thiophene rings is 1. The van der Waals surface area contributed by atoms with Gasteiger partial charge in [-0.05, 0) is 38.1 Å². The molecule has 0 atom stereocenters. The standard InChI is InChI=1S/C21H20F3N7OS/c1-3-30(4-2)17-8-5-14(11-27-17)31(18-12-25-9-10-26-18)13-15-6-7-16(33-15)19-28-20(32-29-19)21(22,23)24/h5-12H,3-4,13H2,1-2H3. The second-order valence-electron chi connectivity index (χ2n) is 6.88. The van der Waals surface area contributed by atoms with Crippen LogP contribution in [-0.4, -0.2) is 38.2 Å². The molecule has 0 amide bonds. The number of pyridine rings is 1. The lowest BCUT2D eigenvalue weighted by molar-refractivity contribution is -0.159. The molecule has 172 valence electrons. The van der Waals surface area contributed by atoms with Crippen LogP contribution in [0.1, 0.15) is 24.6 Å². The van der Waals surface area contributed by atoms with Crippen LogP contribution in [0.4, 0.5) is 30.5 Å². The van der Waals surface area contributed by atoms with E-state index in [-0.39, 0.29) is 5.82 Å². The maximum atomic E-state index is 12.8. The van der Waals surface area contributed by atoms with Gasteiger partial charge in [0.1, 0.15) is 5.82 Å². The van der Waals surface area contributed by atoms with Crippen molar-refractivity contribution >= 4 is 28.7 Å². The van der Waals surface area contributed by atoms with Crippen molar-refractivity contribution in [2.45, 2.75) is 26.6 Å². The fourth-order valence-electron chi connectivity index (χ4n) is 3.19. The molecule has 0 aromatic carbocycles. The fourth-order valence-corrected chi connectivity index (χ4v) is 4.11. The molecule has 0 saturated heterocycles. The zero-order valence-electron chi connectivity index (χ0n) is 17.8. The first-order chi connectivity index (χ1) is 15.9. The number of alkyl halides is 3. The van der Waals surface area contributed by atoms with Gasteiger partial charge < -0.3 is 14.3 Å². The normalized spacial score (nSPS) is 11.5. The maximum absolute atomic E-state index is 12.8. The second-order valence-corrected chi connectivity index (χ2v) is 8.05. The molecule has 0 radical (unpaired) electrons. The first-order valence-electron chi connectivity index (χ1n) is 10.1. The van der Waals surface area contributed by atoms with E-state index in [2.05, 4.69) is 48.4 Å². The van der Waals surface area contributed by atoms with Crippen LogP contribution >= 0.6 is 11.3 Å². The molecule has 4 aromatic heterocycles. The van der Waals surface area contributed by atoms with E-state index in [9.17, 15) is 13.2 Å². The van der Waals surface area contributed by atoms with Crippen LogP contribution in [0.2, 0.25) is 0 Å². The average Bonchev–Trinajstić information content (AvgIpc) is 3.49. The molecule has 0 bridgehead atoms. The summed E-state index contributed by atoms with van der Waals surface area (Å²) in [5, 5.41) is 3.46. The third-order valence-corrected chi connectivity index (χ3v) is 5.89. The Hall–Kier alpha value is -3.54. The minimum Gasteiger partial charge on any atom is -0.357 e.